The molecule has 0 saturated heterocycles. The van der Waals surface area contributed by atoms with E-state index in [4.69, 9.17) is 17.3 Å². The normalized spacial score (nSPS) is 11.8. The molecule has 2 N–H and O–H groups in total. The molecule has 0 radical (unpaired) electrons. The van der Waals surface area contributed by atoms with Crippen LogP contribution in [0.25, 0.3) is 10.6 Å². The molecule has 0 bridgehead atoms. The van der Waals surface area contributed by atoms with Crippen LogP contribution in [0.2, 0.25) is 5.02 Å². The van der Waals surface area contributed by atoms with E-state index in [2.05, 4.69) is 9.97 Å². The van der Waals surface area contributed by atoms with Crippen molar-refractivity contribution in [3.8, 4) is 10.6 Å². The highest BCUT2D eigenvalue weighted by atomic mass is 35.5. The first-order valence-electron chi connectivity index (χ1n) is 4.79. The summed E-state index contributed by atoms with van der Waals surface area (Å²) in [4.78, 5) is 7.63. The van der Waals surface area contributed by atoms with E-state index in [1.165, 1.54) is 6.20 Å². The molecule has 0 aromatic carbocycles. The summed E-state index contributed by atoms with van der Waals surface area (Å²) in [6.45, 7) is 0.194. The fourth-order valence-corrected chi connectivity index (χ4v) is 2.23. The van der Waals surface area contributed by atoms with Crippen molar-refractivity contribution >= 4 is 22.9 Å². The third-order valence-electron chi connectivity index (χ3n) is 2.16. The van der Waals surface area contributed by atoms with Crippen molar-refractivity contribution in [2.24, 2.45) is 5.73 Å². The zero-order valence-corrected chi connectivity index (χ0v) is 10.4. The van der Waals surface area contributed by atoms with E-state index >= 15 is 0 Å². The van der Waals surface area contributed by atoms with Crippen LogP contribution in [-0.2, 0) is 12.7 Å². The maximum Gasteiger partial charge on any atom is 0.443 e. The third-order valence-corrected chi connectivity index (χ3v) is 3.56. The summed E-state index contributed by atoms with van der Waals surface area (Å²) in [6, 6.07) is 1.57. The highest BCUT2D eigenvalue weighted by Gasteiger charge is 2.34. The van der Waals surface area contributed by atoms with Crippen molar-refractivity contribution < 1.29 is 13.2 Å². The van der Waals surface area contributed by atoms with E-state index in [0.717, 1.165) is 6.20 Å². The summed E-state index contributed by atoms with van der Waals surface area (Å²) in [6.07, 6.45) is -1.93. The maximum atomic E-state index is 12.4. The van der Waals surface area contributed by atoms with E-state index in [9.17, 15) is 13.2 Å². The van der Waals surface area contributed by atoms with Crippen molar-refractivity contribution in [2.75, 3.05) is 0 Å². The fourth-order valence-electron chi connectivity index (χ4n) is 1.30. The summed E-state index contributed by atoms with van der Waals surface area (Å²) in [5, 5.41) is -0.509. The summed E-state index contributed by atoms with van der Waals surface area (Å²) in [7, 11) is 0. The van der Waals surface area contributed by atoms with E-state index in [1.807, 2.05) is 0 Å². The number of pyridine rings is 1. The van der Waals surface area contributed by atoms with Gasteiger partial charge in [-0.2, -0.15) is 13.2 Å². The molecule has 2 aromatic heterocycles. The van der Waals surface area contributed by atoms with Crippen LogP contribution in [-0.4, -0.2) is 9.97 Å². The molecule has 0 unspecified atom stereocenters. The Hall–Kier alpha value is -1.18. The number of rotatable bonds is 2. The Bertz CT molecular complexity index is 568. The molecule has 0 saturated carbocycles. The van der Waals surface area contributed by atoms with E-state index in [1.54, 1.807) is 6.07 Å². The van der Waals surface area contributed by atoms with Crippen LogP contribution in [0.1, 0.15) is 10.6 Å². The summed E-state index contributed by atoms with van der Waals surface area (Å²) in [5.74, 6) is 0. The smallest absolute Gasteiger partial charge is 0.326 e. The molecule has 0 atom stereocenters. The van der Waals surface area contributed by atoms with Crippen LogP contribution in [0.5, 0.6) is 0 Å². The van der Waals surface area contributed by atoms with Gasteiger partial charge in [0.05, 0.1) is 15.6 Å². The van der Waals surface area contributed by atoms with Crippen LogP contribution in [0, 0.1) is 0 Å². The van der Waals surface area contributed by atoms with Crippen LogP contribution < -0.4 is 5.73 Å². The molecular weight excluding hydrogens is 287 g/mol. The van der Waals surface area contributed by atoms with Crippen molar-refractivity contribution in [2.45, 2.75) is 12.7 Å². The summed E-state index contributed by atoms with van der Waals surface area (Å²) >= 11 is 6.36. The Labute approximate surface area is 109 Å². The molecule has 96 valence electrons. The summed E-state index contributed by atoms with van der Waals surface area (Å²) < 4.78 is 37.2. The third kappa shape index (κ3) is 2.63. The van der Waals surface area contributed by atoms with Gasteiger partial charge in [0, 0.05) is 18.9 Å². The van der Waals surface area contributed by atoms with Crippen LogP contribution in [0.4, 0.5) is 13.2 Å². The molecule has 2 rings (SSSR count). The zero-order chi connectivity index (χ0) is 13.3. The molecule has 0 aliphatic heterocycles. The van der Waals surface area contributed by atoms with Gasteiger partial charge in [0.25, 0.3) is 0 Å². The maximum absolute atomic E-state index is 12.4. The zero-order valence-electron chi connectivity index (χ0n) is 8.83. The quantitative estimate of drug-likeness (QED) is 0.924. The number of alkyl halides is 3. The molecule has 18 heavy (non-hydrogen) atoms. The second-order valence-electron chi connectivity index (χ2n) is 3.39. The first-order valence-corrected chi connectivity index (χ1v) is 5.99. The van der Waals surface area contributed by atoms with E-state index in [0.29, 0.717) is 32.5 Å². The highest BCUT2D eigenvalue weighted by Crippen LogP contribution is 2.36. The first kappa shape index (κ1) is 13.3. The van der Waals surface area contributed by atoms with Gasteiger partial charge in [-0.25, -0.2) is 4.98 Å². The molecule has 0 spiro atoms. The van der Waals surface area contributed by atoms with Gasteiger partial charge >= 0.3 is 6.18 Å². The molecule has 8 heteroatoms. The minimum atomic E-state index is -4.44. The molecule has 0 aliphatic carbocycles. The molecule has 3 nitrogen and oxygen atoms in total. The van der Waals surface area contributed by atoms with Gasteiger partial charge < -0.3 is 5.73 Å². The molecule has 2 aromatic rings. The SMILES string of the molecule is NCc1cc(-c2cnc(C(F)(F)F)s2)ncc1Cl. The number of hydrogen-bond acceptors (Lipinski definition) is 4. The lowest BCUT2D eigenvalue weighted by Gasteiger charge is -2.03. The number of aromatic nitrogens is 2. The number of nitrogens with two attached hydrogens (primary N) is 1. The van der Waals surface area contributed by atoms with Crippen molar-refractivity contribution in [1.82, 2.24) is 9.97 Å². The largest absolute Gasteiger partial charge is 0.443 e. The minimum Gasteiger partial charge on any atom is -0.326 e. The van der Waals surface area contributed by atoms with Gasteiger partial charge in [0.1, 0.15) is 0 Å². The van der Waals surface area contributed by atoms with E-state index in [-0.39, 0.29) is 6.54 Å². The second-order valence-corrected chi connectivity index (χ2v) is 4.83. The Morgan fingerprint density at radius 1 is 1.28 bits per heavy atom. The Balaban J connectivity index is 2.40. The molecule has 2 heterocycles. The van der Waals surface area contributed by atoms with E-state index < -0.39 is 11.2 Å². The standard InChI is InChI=1S/C10H7ClF3N3S/c11-6-3-16-7(1-5(6)2-15)8-4-17-9(18-8)10(12,13)14/h1,3-4H,2,15H2. The van der Waals surface area contributed by atoms with Gasteiger partial charge in [-0.05, 0) is 11.6 Å². The number of hydrogen-bond donors (Lipinski definition) is 1. The van der Waals surface area contributed by atoms with Crippen LogP contribution in [0.3, 0.4) is 0 Å². The molecular formula is C10H7ClF3N3S. The Morgan fingerprint density at radius 3 is 2.56 bits per heavy atom. The Morgan fingerprint density at radius 2 is 2.00 bits per heavy atom. The highest BCUT2D eigenvalue weighted by molar-refractivity contribution is 7.15. The average molecular weight is 294 g/mol. The second kappa shape index (κ2) is 4.83. The predicted octanol–water partition coefficient (Wildman–Crippen LogP) is 3.34. The average Bonchev–Trinajstić information content (AvgIpc) is 2.78. The van der Waals surface area contributed by atoms with Crippen molar-refractivity contribution in [3.63, 3.8) is 0 Å². The monoisotopic (exact) mass is 293 g/mol. The molecule has 0 aliphatic rings. The lowest BCUT2D eigenvalue weighted by molar-refractivity contribution is -0.137. The summed E-state index contributed by atoms with van der Waals surface area (Å²) in [5.41, 5.74) is 6.48. The van der Waals surface area contributed by atoms with Gasteiger partial charge in [-0.1, -0.05) is 11.6 Å². The minimum absolute atomic E-state index is 0.194. The van der Waals surface area contributed by atoms with Crippen LogP contribution >= 0.6 is 22.9 Å². The molecule has 0 amide bonds. The number of thiazole rings is 1. The first-order chi connectivity index (χ1) is 8.41. The van der Waals surface area contributed by atoms with Gasteiger partial charge in [0.2, 0.25) is 0 Å². The van der Waals surface area contributed by atoms with Crippen molar-refractivity contribution in [1.29, 1.82) is 0 Å². The fraction of sp³-hybridized carbons (Fsp3) is 0.200. The van der Waals surface area contributed by atoms with Crippen LogP contribution in [0.15, 0.2) is 18.5 Å². The lowest BCUT2D eigenvalue weighted by atomic mass is 10.2. The van der Waals surface area contributed by atoms with Crippen molar-refractivity contribution in [3.05, 3.63) is 34.1 Å². The van der Waals surface area contributed by atoms with Gasteiger partial charge in [0.15, 0.2) is 5.01 Å². The number of halogens is 4. The topological polar surface area (TPSA) is 51.8 Å². The van der Waals surface area contributed by atoms with Gasteiger partial charge in [-0.15, -0.1) is 11.3 Å². The van der Waals surface area contributed by atoms with Gasteiger partial charge in [-0.3, -0.25) is 4.98 Å². The number of nitrogens with zero attached hydrogens (tertiary/aromatic N) is 2. The lowest BCUT2D eigenvalue weighted by Crippen LogP contribution is -2.02. The predicted molar refractivity (Wildman–Crippen MR) is 63.2 cm³/mol. The Kier molecular flexibility index (Phi) is 3.56. The molecule has 0 fully saturated rings.